The average Bonchev–Trinajstić information content (AvgIpc) is 2.15. The summed E-state index contributed by atoms with van der Waals surface area (Å²) in [6.45, 7) is 6.74. The Morgan fingerprint density at radius 1 is 1.14 bits per heavy atom. The summed E-state index contributed by atoms with van der Waals surface area (Å²) in [5, 5.41) is 1.09. The van der Waals surface area contributed by atoms with Crippen molar-refractivity contribution < 1.29 is 0 Å². The van der Waals surface area contributed by atoms with Crippen LogP contribution in [0.2, 0.25) is 0 Å². The van der Waals surface area contributed by atoms with Gasteiger partial charge in [-0.2, -0.15) is 0 Å². The molecule has 1 heteroatoms. The van der Waals surface area contributed by atoms with Crippen LogP contribution in [0.25, 0.3) is 0 Å². The molecule has 1 aromatic rings. The van der Waals surface area contributed by atoms with Crippen LogP contribution in [0.15, 0.2) is 24.3 Å². The zero-order valence-electron chi connectivity index (χ0n) is 9.26. The summed E-state index contributed by atoms with van der Waals surface area (Å²) >= 11 is 3.53. The predicted molar refractivity (Wildman–Crippen MR) is 67.2 cm³/mol. The van der Waals surface area contributed by atoms with Gasteiger partial charge in [0.25, 0.3) is 0 Å². The molecule has 0 bridgehead atoms. The van der Waals surface area contributed by atoms with Crippen molar-refractivity contribution in [2.45, 2.75) is 33.1 Å². The van der Waals surface area contributed by atoms with Gasteiger partial charge in [-0.1, -0.05) is 59.6 Å². The Kier molecular flexibility index (Phi) is 4.67. The SMILES string of the molecule is Cc1ccc(C(CCBr)C(C)C)cc1. The van der Waals surface area contributed by atoms with Crippen molar-refractivity contribution in [3.63, 3.8) is 0 Å². The maximum absolute atomic E-state index is 3.53. The molecule has 0 saturated heterocycles. The molecule has 1 atom stereocenters. The standard InChI is InChI=1S/C13H19Br/c1-10(2)13(8-9-14)12-6-4-11(3)5-7-12/h4-7,10,13H,8-9H2,1-3H3. The van der Waals surface area contributed by atoms with E-state index in [9.17, 15) is 0 Å². The van der Waals surface area contributed by atoms with Gasteiger partial charge in [0, 0.05) is 5.33 Å². The second-order valence-corrected chi connectivity index (χ2v) is 5.03. The Morgan fingerprint density at radius 2 is 1.71 bits per heavy atom. The van der Waals surface area contributed by atoms with Gasteiger partial charge in [-0.3, -0.25) is 0 Å². The lowest BCUT2D eigenvalue weighted by Crippen LogP contribution is -2.07. The Balaban J connectivity index is 2.82. The molecule has 0 spiro atoms. The van der Waals surface area contributed by atoms with E-state index in [1.807, 2.05) is 0 Å². The van der Waals surface area contributed by atoms with Crippen molar-refractivity contribution in [1.82, 2.24) is 0 Å². The van der Waals surface area contributed by atoms with E-state index in [0.717, 1.165) is 11.2 Å². The fraction of sp³-hybridized carbons (Fsp3) is 0.538. The fourth-order valence-electron chi connectivity index (χ4n) is 1.82. The van der Waals surface area contributed by atoms with Crippen LogP contribution >= 0.6 is 15.9 Å². The highest BCUT2D eigenvalue weighted by Crippen LogP contribution is 2.28. The van der Waals surface area contributed by atoms with Crippen molar-refractivity contribution >= 4 is 15.9 Å². The number of rotatable bonds is 4. The highest BCUT2D eigenvalue weighted by Gasteiger charge is 2.14. The molecule has 0 saturated carbocycles. The summed E-state index contributed by atoms with van der Waals surface area (Å²) in [7, 11) is 0. The lowest BCUT2D eigenvalue weighted by Gasteiger charge is -2.20. The summed E-state index contributed by atoms with van der Waals surface area (Å²) < 4.78 is 0. The summed E-state index contributed by atoms with van der Waals surface area (Å²) in [5.74, 6) is 1.41. The lowest BCUT2D eigenvalue weighted by molar-refractivity contribution is 0.489. The van der Waals surface area contributed by atoms with E-state index in [1.54, 1.807) is 0 Å². The molecule has 0 fully saturated rings. The van der Waals surface area contributed by atoms with Crippen LogP contribution in [-0.2, 0) is 0 Å². The van der Waals surface area contributed by atoms with Crippen molar-refractivity contribution in [1.29, 1.82) is 0 Å². The first kappa shape index (κ1) is 11.8. The molecule has 1 aromatic carbocycles. The Labute approximate surface area is 95.9 Å². The molecule has 0 N–H and O–H groups in total. The molecule has 14 heavy (non-hydrogen) atoms. The van der Waals surface area contributed by atoms with Gasteiger partial charge < -0.3 is 0 Å². The molecular formula is C13H19Br. The minimum atomic E-state index is 0.690. The van der Waals surface area contributed by atoms with E-state index in [0.29, 0.717) is 5.92 Å². The second-order valence-electron chi connectivity index (χ2n) is 4.24. The van der Waals surface area contributed by atoms with Crippen molar-refractivity contribution in [2.24, 2.45) is 5.92 Å². The summed E-state index contributed by atoms with van der Waals surface area (Å²) in [5.41, 5.74) is 2.82. The first-order valence-electron chi connectivity index (χ1n) is 5.27. The van der Waals surface area contributed by atoms with Gasteiger partial charge in [0.05, 0.1) is 0 Å². The van der Waals surface area contributed by atoms with Gasteiger partial charge in [-0.05, 0) is 30.7 Å². The topological polar surface area (TPSA) is 0 Å². The highest BCUT2D eigenvalue weighted by atomic mass is 79.9. The van der Waals surface area contributed by atoms with Crippen LogP contribution in [0.4, 0.5) is 0 Å². The van der Waals surface area contributed by atoms with Crippen LogP contribution in [0.1, 0.15) is 37.3 Å². The fourth-order valence-corrected chi connectivity index (χ4v) is 2.31. The molecule has 0 nitrogen and oxygen atoms in total. The quantitative estimate of drug-likeness (QED) is 0.694. The maximum atomic E-state index is 3.53. The summed E-state index contributed by atoms with van der Waals surface area (Å²) in [6, 6.07) is 8.95. The number of hydrogen-bond acceptors (Lipinski definition) is 0. The van der Waals surface area contributed by atoms with Gasteiger partial charge in [-0.25, -0.2) is 0 Å². The average molecular weight is 255 g/mol. The van der Waals surface area contributed by atoms with Crippen LogP contribution in [-0.4, -0.2) is 5.33 Å². The minimum absolute atomic E-state index is 0.690. The van der Waals surface area contributed by atoms with Crippen LogP contribution in [0, 0.1) is 12.8 Å². The monoisotopic (exact) mass is 254 g/mol. The van der Waals surface area contributed by atoms with Crippen LogP contribution in [0.5, 0.6) is 0 Å². The second kappa shape index (κ2) is 5.55. The molecule has 0 aliphatic carbocycles. The zero-order valence-corrected chi connectivity index (χ0v) is 10.8. The minimum Gasteiger partial charge on any atom is -0.0928 e. The van der Waals surface area contributed by atoms with Crippen molar-refractivity contribution in [2.75, 3.05) is 5.33 Å². The zero-order chi connectivity index (χ0) is 10.6. The van der Waals surface area contributed by atoms with Crippen LogP contribution in [0.3, 0.4) is 0 Å². The van der Waals surface area contributed by atoms with Gasteiger partial charge in [0.2, 0.25) is 0 Å². The number of alkyl halides is 1. The van der Waals surface area contributed by atoms with E-state index in [2.05, 4.69) is 61.0 Å². The van der Waals surface area contributed by atoms with Gasteiger partial charge in [0.15, 0.2) is 0 Å². The largest absolute Gasteiger partial charge is 0.0928 e. The van der Waals surface area contributed by atoms with Crippen molar-refractivity contribution in [3.05, 3.63) is 35.4 Å². The number of benzene rings is 1. The molecule has 0 aromatic heterocycles. The van der Waals surface area contributed by atoms with Crippen molar-refractivity contribution in [3.8, 4) is 0 Å². The Hall–Kier alpha value is -0.300. The molecule has 0 aliphatic heterocycles. The van der Waals surface area contributed by atoms with Gasteiger partial charge >= 0.3 is 0 Å². The third-order valence-corrected chi connectivity index (χ3v) is 3.19. The molecule has 0 amide bonds. The smallest absolute Gasteiger partial charge is 0.00372 e. The molecule has 0 aliphatic rings. The third kappa shape index (κ3) is 3.13. The highest BCUT2D eigenvalue weighted by molar-refractivity contribution is 9.09. The normalized spacial score (nSPS) is 13.2. The number of hydrogen-bond donors (Lipinski definition) is 0. The third-order valence-electron chi connectivity index (χ3n) is 2.73. The molecule has 0 radical (unpaired) electrons. The van der Waals surface area contributed by atoms with E-state index >= 15 is 0 Å². The van der Waals surface area contributed by atoms with E-state index in [-0.39, 0.29) is 0 Å². The Bertz CT molecular complexity index is 261. The maximum Gasteiger partial charge on any atom is 0.00372 e. The molecule has 0 heterocycles. The lowest BCUT2D eigenvalue weighted by atomic mass is 9.86. The van der Waals surface area contributed by atoms with Crippen LogP contribution < -0.4 is 0 Å². The predicted octanol–water partition coefficient (Wildman–Crippen LogP) is 4.52. The van der Waals surface area contributed by atoms with Gasteiger partial charge in [-0.15, -0.1) is 0 Å². The van der Waals surface area contributed by atoms with E-state index in [1.165, 1.54) is 17.5 Å². The molecule has 78 valence electrons. The molecular weight excluding hydrogens is 236 g/mol. The van der Waals surface area contributed by atoms with Gasteiger partial charge in [0.1, 0.15) is 0 Å². The molecule has 1 rings (SSSR count). The summed E-state index contributed by atoms with van der Waals surface area (Å²) in [6.07, 6.45) is 1.22. The number of aryl methyl sites for hydroxylation is 1. The first-order chi connectivity index (χ1) is 6.65. The number of halogens is 1. The molecule has 1 unspecified atom stereocenters. The first-order valence-corrected chi connectivity index (χ1v) is 6.40. The van der Waals surface area contributed by atoms with E-state index < -0.39 is 0 Å². The Morgan fingerprint density at radius 3 is 2.14 bits per heavy atom. The van der Waals surface area contributed by atoms with E-state index in [4.69, 9.17) is 0 Å². The summed E-state index contributed by atoms with van der Waals surface area (Å²) in [4.78, 5) is 0.